The molecule has 0 heterocycles. The van der Waals surface area contributed by atoms with Crippen molar-refractivity contribution in [2.75, 3.05) is 6.61 Å². The SMILES string of the molecule is Cc1ccccc1OCC(=O)NN=C1CCCCCCC1. The lowest BCUT2D eigenvalue weighted by Gasteiger charge is -2.11. The van der Waals surface area contributed by atoms with Gasteiger partial charge in [0.15, 0.2) is 6.61 Å². The van der Waals surface area contributed by atoms with Gasteiger partial charge in [-0.2, -0.15) is 5.10 Å². The molecule has 1 N–H and O–H groups in total. The minimum Gasteiger partial charge on any atom is -0.483 e. The van der Waals surface area contributed by atoms with Gasteiger partial charge in [-0.05, 0) is 44.2 Å². The topological polar surface area (TPSA) is 50.7 Å². The second-order valence-electron chi connectivity index (χ2n) is 5.53. The molecule has 21 heavy (non-hydrogen) atoms. The lowest BCUT2D eigenvalue weighted by Crippen LogP contribution is -2.26. The molecule has 0 bridgehead atoms. The highest BCUT2D eigenvalue weighted by Gasteiger charge is 2.07. The minimum atomic E-state index is -0.201. The number of ether oxygens (including phenoxy) is 1. The van der Waals surface area contributed by atoms with Crippen molar-refractivity contribution in [2.45, 2.75) is 51.9 Å². The van der Waals surface area contributed by atoms with Gasteiger partial charge in [0.1, 0.15) is 5.75 Å². The molecule has 0 radical (unpaired) electrons. The van der Waals surface area contributed by atoms with Crippen molar-refractivity contribution in [2.24, 2.45) is 5.10 Å². The minimum absolute atomic E-state index is 0.00162. The normalized spacial score (nSPS) is 15.8. The molecule has 0 atom stereocenters. The lowest BCUT2D eigenvalue weighted by molar-refractivity contribution is -0.123. The van der Waals surface area contributed by atoms with Gasteiger partial charge in [0.05, 0.1) is 0 Å². The third kappa shape index (κ3) is 5.58. The molecule has 114 valence electrons. The molecule has 0 aliphatic heterocycles. The van der Waals surface area contributed by atoms with Gasteiger partial charge in [0.25, 0.3) is 5.91 Å². The predicted molar refractivity (Wildman–Crippen MR) is 84.6 cm³/mol. The maximum absolute atomic E-state index is 11.8. The maximum atomic E-state index is 11.8. The maximum Gasteiger partial charge on any atom is 0.277 e. The van der Waals surface area contributed by atoms with Crippen LogP contribution in [0.3, 0.4) is 0 Å². The molecular weight excluding hydrogens is 264 g/mol. The molecule has 0 unspecified atom stereocenters. The molecule has 1 aromatic rings. The summed E-state index contributed by atoms with van der Waals surface area (Å²) in [5.41, 5.74) is 4.75. The van der Waals surface area contributed by atoms with E-state index in [1.54, 1.807) is 0 Å². The smallest absolute Gasteiger partial charge is 0.277 e. The first-order valence-electron chi connectivity index (χ1n) is 7.78. The average Bonchev–Trinajstić information content (AvgIpc) is 2.45. The number of carbonyl (C=O) groups is 1. The monoisotopic (exact) mass is 288 g/mol. The molecule has 1 aliphatic carbocycles. The summed E-state index contributed by atoms with van der Waals surface area (Å²) in [6, 6.07) is 7.67. The summed E-state index contributed by atoms with van der Waals surface area (Å²) < 4.78 is 5.50. The van der Waals surface area contributed by atoms with Crippen molar-refractivity contribution in [3.63, 3.8) is 0 Å². The van der Waals surface area contributed by atoms with E-state index >= 15 is 0 Å². The molecular formula is C17H24N2O2. The number of nitrogens with zero attached hydrogens (tertiary/aromatic N) is 1. The van der Waals surface area contributed by atoms with E-state index in [2.05, 4.69) is 10.5 Å². The van der Waals surface area contributed by atoms with Crippen LogP contribution < -0.4 is 10.2 Å². The van der Waals surface area contributed by atoms with Crippen molar-refractivity contribution in [3.8, 4) is 5.75 Å². The lowest BCUT2D eigenvalue weighted by atomic mass is 9.99. The van der Waals surface area contributed by atoms with E-state index in [-0.39, 0.29) is 12.5 Å². The zero-order valence-electron chi connectivity index (χ0n) is 12.7. The first-order chi connectivity index (χ1) is 10.3. The molecule has 0 spiro atoms. The predicted octanol–water partition coefficient (Wildman–Crippen LogP) is 3.59. The fraction of sp³-hybridized carbons (Fsp3) is 0.529. The molecule has 2 rings (SSSR count). The first kappa shape index (κ1) is 15.5. The van der Waals surface area contributed by atoms with Crippen LogP contribution in [0.5, 0.6) is 5.75 Å². The van der Waals surface area contributed by atoms with E-state index < -0.39 is 0 Å². The van der Waals surface area contributed by atoms with Crippen molar-refractivity contribution >= 4 is 11.6 Å². The Labute approximate surface area is 126 Å². The zero-order chi connectivity index (χ0) is 14.9. The van der Waals surface area contributed by atoms with Crippen LogP contribution in [0.25, 0.3) is 0 Å². The van der Waals surface area contributed by atoms with Crippen LogP contribution in [0, 0.1) is 6.92 Å². The largest absolute Gasteiger partial charge is 0.483 e. The Morgan fingerprint density at radius 2 is 1.81 bits per heavy atom. The Kier molecular flexibility index (Phi) is 6.25. The number of benzene rings is 1. The third-order valence-electron chi connectivity index (χ3n) is 3.72. The highest BCUT2D eigenvalue weighted by atomic mass is 16.5. The molecule has 1 fully saturated rings. The molecule has 1 aliphatic rings. The second kappa shape index (κ2) is 8.45. The van der Waals surface area contributed by atoms with E-state index in [0.29, 0.717) is 0 Å². The van der Waals surface area contributed by atoms with E-state index in [0.717, 1.165) is 29.9 Å². The summed E-state index contributed by atoms with van der Waals surface area (Å²) in [5, 5.41) is 4.26. The average molecular weight is 288 g/mol. The van der Waals surface area contributed by atoms with Gasteiger partial charge in [-0.15, -0.1) is 0 Å². The van der Waals surface area contributed by atoms with Gasteiger partial charge in [-0.3, -0.25) is 4.79 Å². The van der Waals surface area contributed by atoms with Crippen LogP contribution in [-0.2, 0) is 4.79 Å². The Morgan fingerprint density at radius 3 is 2.52 bits per heavy atom. The number of nitrogens with one attached hydrogen (secondary N) is 1. The van der Waals surface area contributed by atoms with Crippen LogP contribution in [-0.4, -0.2) is 18.2 Å². The highest BCUT2D eigenvalue weighted by molar-refractivity contribution is 5.86. The van der Waals surface area contributed by atoms with Crippen LogP contribution >= 0.6 is 0 Å². The number of carbonyl (C=O) groups excluding carboxylic acids is 1. The Hall–Kier alpha value is -1.84. The Balaban J connectivity index is 1.77. The van der Waals surface area contributed by atoms with Gasteiger partial charge in [-0.1, -0.05) is 37.5 Å². The van der Waals surface area contributed by atoms with E-state index in [9.17, 15) is 4.79 Å². The Bertz CT molecular complexity index is 487. The van der Waals surface area contributed by atoms with Crippen molar-refractivity contribution in [1.82, 2.24) is 5.43 Å². The fourth-order valence-corrected chi connectivity index (χ4v) is 2.46. The number of hydrogen-bond acceptors (Lipinski definition) is 3. The molecule has 0 saturated heterocycles. The van der Waals surface area contributed by atoms with E-state index in [1.165, 1.54) is 32.1 Å². The summed E-state index contributed by atoms with van der Waals surface area (Å²) in [6.45, 7) is 1.96. The highest BCUT2D eigenvalue weighted by Crippen LogP contribution is 2.16. The van der Waals surface area contributed by atoms with Gasteiger partial charge in [0.2, 0.25) is 0 Å². The third-order valence-corrected chi connectivity index (χ3v) is 3.72. The zero-order valence-corrected chi connectivity index (χ0v) is 12.7. The van der Waals surface area contributed by atoms with E-state index in [4.69, 9.17) is 4.74 Å². The van der Waals surface area contributed by atoms with Crippen molar-refractivity contribution in [1.29, 1.82) is 0 Å². The van der Waals surface area contributed by atoms with Gasteiger partial charge in [-0.25, -0.2) is 5.43 Å². The van der Waals surface area contributed by atoms with Gasteiger partial charge >= 0.3 is 0 Å². The molecule has 1 aromatic carbocycles. The second-order valence-corrected chi connectivity index (χ2v) is 5.53. The molecule has 4 nitrogen and oxygen atoms in total. The van der Waals surface area contributed by atoms with Crippen LogP contribution in [0.2, 0.25) is 0 Å². The molecule has 1 saturated carbocycles. The van der Waals surface area contributed by atoms with Crippen molar-refractivity contribution < 1.29 is 9.53 Å². The summed E-state index contributed by atoms with van der Waals surface area (Å²) in [7, 11) is 0. The number of amides is 1. The number of aryl methyl sites for hydroxylation is 1. The number of para-hydroxylation sites is 1. The number of hydrogen-bond donors (Lipinski definition) is 1. The summed E-state index contributed by atoms with van der Waals surface area (Å²) >= 11 is 0. The molecule has 1 amide bonds. The summed E-state index contributed by atoms with van der Waals surface area (Å²) in [6.07, 6.45) is 8.21. The Morgan fingerprint density at radius 1 is 1.14 bits per heavy atom. The van der Waals surface area contributed by atoms with Crippen LogP contribution in [0.1, 0.15) is 50.5 Å². The molecule has 4 heteroatoms. The van der Waals surface area contributed by atoms with Gasteiger partial charge in [0, 0.05) is 5.71 Å². The van der Waals surface area contributed by atoms with Crippen LogP contribution in [0.4, 0.5) is 0 Å². The quantitative estimate of drug-likeness (QED) is 0.861. The molecule has 0 aromatic heterocycles. The first-order valence-corrected chi connectivity index (χ1v) is 7.78. The van der Waals surface area contributed by atoms with Crippen LogP contribution in [0.15, 0.2) is 29.4 Å². The summed E-state index contributed by atoms with van der Waals surface area (Å²) in [4.78, 5) is 11.8. The standard InChI is InChI=1S/C17H24N2O2/c1-14-9-7-8-12-16(14)21-13-17(20)19-18-15-10-5-3-2-4-6-11-15/h7-9,12H,2-6,10-11,13H2,1H3,(H,19,20). The van der Waals surface area contributed by atoms with Crippen molar-refractivity contribution in [3.05, 3.63) is 29.8 Å². The fourth-order valence-electron chi connectivity index (χ4n) is 2.46. The number of rotatable bonds is 4. The number of hydrazone groups is 1. The summed E-state index contributed by atoms with van der Waals surface area (Å²) in [5.74, 6) is 0.541. The van der Waals surface area contributed by atoms with E-state index in [1.807, 2.05) is 31.2 Å². The van der Waals surface area contributed by atoms with Gasteiger partial charge < -0.3 is 4.74 Å².